The highest BCUT2D eigenvalue weighted by molar-refractivity contribution is 5.89. The number of nitrogens with zero attached hydrogens (tertiary/aromatic N) is 2. The molecule has 1 aromatic heterocycles. The summed E-state index contributed by atoms with van der Waals surface area (Å²) in [7, 11) is 1.53. The van der Waals surface area contributed by atoms with E-state index < -0.39 is 11.9 Å². The Balaban J connectivity index is 2.95. The van der Waals surface area contributed by atoms with Gasteiger partial charge in [-0.1, -0.05) is 11.8 Å². The van der Waals surface area contributed by atoms with Crippen LogP contribution >= 0.6 is 0 Å². The number of aromatic nitrogens is 2. The van der Waals surface area contributed by atoms with E-state index in [1.54, 1.807) is 13.8 Å². The molecule has 0 radical (unpaired) electrons. The number of esters is 1. The van der Waals surface area contributed by atoms with Crippen LogP contribution in [0.4, 0.5) is 0 Å². The molecule has 96 valence electrons. The van der Waals surface area contributed by atoms with Crippen molar-refractivity contribution in [3.05, 3.63) is 17.0 Å². The van der Waals surface area contributed by atoms with Crippen molar-refractivity contribution in [1.82, 2.24) is 9.78 Å². The SMILES string of the molecule is CCOC(=O)CC#Cc1c(C)nn(C)c1C(=O)O. The number of ether oxygens (including phenoxy) is 1. The van der Waals surface area contributed by atoms with Gasteiger partial charge in [-0.25, -0.2) is 4.79 Å². The first-order chi connectivity index (χ1) is 8.47. The molecule has 0 amide bonds. The summed E-state index contributed by atoms with van der Waals surface area (Å²) in [6, 6.07) is 0. The summed E-state index contributed by atoms with van der Waals surface area (Å²) < 4.78 is 5.97. The van der Waals surface area contributed by atoms with Crippen molar-refractivity contribution in [2.75, 3.05) is 6.61 Å². The molecule has 0 bridgehead atoms. The Morgan fingerprint density at radius 3 is 2.72 bits per heavy atom. The molecule has 0 spiro atoms. The summed E-state index contributed by atoms with van der Waals surface area (Å²) >= 11 is 0. The molecule has 0 aliphatic rings. The zero-order valence-electron chi connectivity index (χ0n) is 10.5. The summed E-state index contributed by atoms with van der Waals surface area (Å²) in [5.74, 6) is 3.73. The highest BCUT2D eigenvalue weighted by Gasteiger charge is 2.17. The molecule has 1 heterocycles. The number of carboxylic acid groups (broad SMARTS) is 1. The van der Waals surface area contributed by atoms with Crippen molar-refractivity contribution in [1.29, 1.82) is 0 Å². The second-order valence-electron chi connectivity index (χ2n) is 3.52. The van der Waals surface area contributed by atoms with Gasteiger partial charge in [0.1, 0.15) is 6.42 Å². The van der Waals surface area contributed by atoms with Crippen LogP contribution in [0.15, 0.2) is 0 Å². The lowest BCUT2D eigenvalue weighted by Gasteiger charge is -1.96. The van der Waals surface area contributed by atoms with E-state index >= 15 is 0 Å². The van der Waals surface area contributed by atoms with Crippen LogP contribution in [-0.2, 0) is 16.6 Å². The Morgan fingerprint density at radius 2 is 2.17 bits per heavy atom. The van der Waals surface area contributed by atoms with Crippen LogP contribution in [0.2, 0.25) is 0 Å². The predicted molar refractivity (Wildman–Crippen MR) is 63.0 cm³/mol. The fraction of sp³-hybridized carbons (Fsp3) is 0.417. The molecule has 0 unspecified atom stereocenters. The fourth-order valence-electron chi connectivity index (χ4n) is 1.47. The van der Waals surface area contributed by atoms with Crippen molar-refractivity contribution in [2.45, 2.75) is 20.3 Å². The minimum Gasteiger partial charge on any atom is -0.476 e. The Bertz CT molecular complexity index is 534. The van der Waals surface area contributed by atoms with E-state index in [0.29, 0.717) is 17.9 Å². The van der Waals surface area contributed by atoms with Crippen LogP contribution in [0, 0.1) is 18.8 Å². The molecule has 6 heteroatoms. The van der Waals surface area contributed by atoms with Gasteiger partial charge in [-0.3, -0.25) is 9.48 Å². The van der Waals surface area contributed by atoms with Crippen molar-refractivity contribution in [2.24, 2.45) is 7.05 Å². The Kier molecular flexibility index (Phi) is 4.49. The molecule has 0 fully saturated rings. The van der Waals surface area contributed by atoms with Crippen LogP contribution < -0.4 is 0 Å². The molecular weight excluding hydrogens is 236 g/mol. The lowest BCUT2D eigenvalue weighted by molar-refractivity contribution is -0.141. The number of carbonyl (C=O) groups is 2. The number of carbonyl (C=O) groups excluding carboxylic acids is 1. The number of hydrogen-bond acceptors (Lipinski definition) is 4. The Hall–Kier alpha value is -2.29. The highest BCUT2D eigenvalue weighted by Crippen LogP contribution is 2.11. The van der Waals surface area contributed by atoms with Gasteiger partial charge in [-0.05, 0) is 13.8 Å². The topological polar surface area (TPSA) is 81.4 Å². The molecule has 1 N–H and O–H groups in total. The van der Waals surface area contributed by atoms with E-state index in [1.807, 2.05) is 0 Å². The van der Waals surface area contributed by atoms with Crippen molar-refractivity contribution < 1.29 is 19.4 Å². The molecule has 0 saturated heterocycles. The zero-order valence-corrected chi connectivity index (χ0v) is 10.5. The van der Waals surface area contributed by atoms with Gasteiger partial charge in [-0.2, -0.15) is 5.10 Å². The summed E-state index contributed by atoms with van der Waals surface area (Å²) in [6.45, 7) is 3.67. The molecule has 0 aromatic carbocycles. The van der Waals surface area contributed by atoms with E-state index in [1.165, 1.54) is 11.7 Å². The molecule has 0 atom stereocenters. The molecule has 18 heavy (non-hydrogen) atoms. The van der Waals surface area contributed by atoms with Gasteiger partial charge in [0.05, 0.1) is 17.9 Å². The monoisotopic (exact) mass is 250 g/mol. The minimum atomic E-state index is -1.10. The Morgan fingerprint density at radius 1 is 1.50 bits per heavy atom. The van der Waals surface area contributed by atoms with E-state index in [0.717, 1.165) is 0 Å². The third kappa shape index (κ3) is 3.10. The van der Waals surface area contributed by atoms with Gasteiger partial charge in [0.15, 0.2) is 5.69 Å². The first-order valence-corrected chi connectivity index (χ1v) is 5.38. The maximum atomic E-state index is 11.1. The lowest BCUT2D eigenvalue weighted by Crippen LogP contribution is -2.07. The normalized spacial score (nSPS) is 9.50. The molecule has 0 saturated carbocycles. The van der Waals surface area contributed by atoms with Gasteiger partial charge in [-0.15, -0.1) is 0 Å². The van der Waals surface area contributed by atoms with E-state index in [4.69, 9.17) is 9.84 Å². The number of aryl methyl sites for hydroxylation is 2. The number of carboxylic acids is 1. The van der Waals surface area contributed by atoms with Crippen LogP contribution in [0.3, 0.4) is 0 Å². The van der Waals surface area contributed by atoms with Crippen LogP contribution in [0.1, 0.15) is 35.1 Å². The summed E-state index contributed by atoms with van der Waals surface area (Å²) in [5.41, 5.74) is 0.865. The number of aromatic carboxylic acids is 1. The first-order valence-electron chi connectivity index (χ1n) is 5.38. The number of hydrogen-bond donors (Lipinski definition) is 1. The number of rotatable bonds is 3. The van der Waals surface area contributed by atoms with Crippen molar-refractivity contribution in [3.63, 3.8) is 0 Å². The van der Waals surface area contributed by atoms with Crippen LogP contribution in [0.25, 0.3) is 0 Å². The average molecular weight is 250 g/mol. The molecule has 6 nitrogen and oxygen atoms in total. The smallest absolute Gasteiger partial charge is 0.355 e. The van der Waals surface area contributed by atoms with Gasteiger partial charge in [0.25, 0.3) is 0 Å². The molecular formula is C12H14N2O4. The standard InChI is InChI=1S/C12H14N2O4/c1-4-18-10(15)7-5-6-9-8(2)13-14(3)11(9)12(16)17/h4,7H2,1-3H3,(H,16,17). The van der Waals surface area contributed by atoms with Crippen molar-refractivity contribution >= 4 is 11.9 Å². The highest BCUT2D eigenvalue weighted by atomic mass is 16.5. The van der Waals surface area contributed by atoms with Gasteiger partial charge in [0.2, 0.25) is 0 Å². The van der Waals surface area contributed by atoms with Crippen LogP contribution in [0.5, 0.6) is 0 Å². The quantitative estimate of drug-likeness (QED) is 0.631. The van der Waals surface area contributed by atoms with Gasteiger partial charge in [0, 0.05) is 7.05 Å². The van der Waals surface area contributed by atoms with E-state index in [2.05, 4.69) is 16.9 Å². The van der Waals surface area contributed by atoms with Gasteiger partial charge < -0.3 is 9.84 Å². The van der Waals surface area contributed by atoms with Gasteiger partial charge >= 0.3 is 11.9 Å². The second-order valence-corrected chi connectivity index (χ2v) is 3.52. The largest absolute Gasteiger partial charge is 0.476 e. The molecule has 1 aromatic rings. The summed E-state index contributed by atoms with van der Waals surface area (Å²) in [5, 5.41) is 13.0. The molecule has 0 aliphatic carbocycles. The van der Waals surface area contributed by atoms with Crippen molar-refractivity contribution in [3.8, 4) is 11.8 Å². The summed E-state index contributed by atoms with van der Waals surface area (Å²) in [4.78, 5) is 22.1. The Labute approximate surface area is 105 Å². The maximum Gasteiger partial charge on any atom is 0.355 e. The predicted octanol–water partition coefficient (Wildman–Crippen LogP) is 0.731. The molecule has 0 aliphatic heterocycles. The minimum absolute atomic E-state index is 0.0175. The summed E-state index contributed by atoms with van der Waals surface area (Å²) in [6.07, 6.45) is -0.0682. The zero-order chi connectivity index (χ0) is 13.7. The first kappa shape index (κ1) is 13.8. The van der Waals surface area contributed by atoms with E-state index in [-0.39, 0.29) is 12.1 Å². The van der Waals surface area contributed by atoms with Crippen LogP contribution in [-0.4, -0.2) is 33.4 Å². The van der Waals surface area contributed by atoms with E-state index in [9.17, 15) is 9.59 Å². The second kappa shape index (κ2) is 5.87. The average Bonchev–Trinajstić information content (AvgIpc) is 2.54. The fourth-order valence-corrected chi connectivity index (χ4v) is 1.47. The lowest BCUT2D eigenvalue weighted by atomic mass is 10.2. The maximum absolute atomic E-state index is 11.1. The third-order valence-electron chi connectivity index (χ3n) is 2.18. The molecule has 1 rings (SSSR count). The third-order valence-corrected chi connectivity index (χ3v) is 2.18.